The Morgan fingerprint density at radius 1 is 1.30 bits per heavy atom. The summed E-state index contributed by atoms with van der Waals surface area (Å²) in [6.45, 7) is 5.29. The average Bonchev–Trinajstić information content (AvgIpc) is 2.91. The fourth-order valence-electron chi connectivity index (χ4n) is 3.06. The van der Waals surface area contributed by atoms with Crippen molar-refractivity contribution in [2.45, 2.75) is 50.9 Å². The van der Waals surface area contributed by atoms with Crippen molar-refractivity contribution >= 4 is 0 Å². The fraction of sp³-hybridized carbons (Fsp3) is 1.00. The fourth-order valence-corrected chi connectivity index (χ4v) is 3.06. The standard InChI is InChI=1S/C14H25F3N2O/c1-11(8-18-9-13-5-3-7-20-13)19-6-2-4-12(10-19)14(15,16)17/h11-13,18H,2-10H2,1H3. The lowest BCUT2D eigenvalue weighted by Crippen LogP contribution is -2.49. The van der Waals surface area contributed by atoms with E-state index in [1.165, 1.54) is 0 Å². The molecule has 2 aliphatic rings. The number of rotatable bonds is 5. The first-order valence-electron chi connectivity index (χ1n) is 7.60. The largest absolute Gasteiger partial charge is 0.393 e. The summed E-state index contributed by atoms with van der Waals surface area (Å²) in [4.78, 5) is 1.96. The Hall–Kier alpha value is -0.330. The van der Waals surface area contributed by atoms with Gasteiger partial charge in [-0.25, -0.2) is 0 Å². The molecule has 0 saturated carbocycles. The number of hydrogen-bond donors (Lipinski definition) is 1. The monoisotopic (exact) mass is 294 g/mol. The van der Waals surface area contributed by atoms with Crippen LogP contribution in [0, 0.1) is 5.92 Å². The summed E-state index contributed by atoms with van der Waals surface area (Å²) in [6.07, 6.45) is -0.658. The van der Waals surface area contributed by atoms with E-state index in [1.807, 2.05) is 11.8 Å². The normalized spacial score (nSPS) is 30.6. The van der Waals surface area contributed by atoms with Crippen LogP contribution in [0.4, 0.5) is 13.2 Å². The molecular weight excluding hydrogens is 269 g/mol. The van der Waals surface area contributed by atoms with Crippen LogP contribution in [-0.4, -0.2) is 56.0 Å². The molecule has 2 saturated heterocycles. The van der Waals surface area contributed by atoms with E-state index in [-0.39, 0.29) is 25.1 Å². The quantitative estimate of drug-likeness (QED) is 0.843. The molecule has 0 spiro atoms. The van der Waals surface area contributed by atoms with Crippen LogP contribution in [0.1, 0.15) is 32.6 Å². The Bertz CT molecular complexity index is 293. The third kappa shape index (κ3) is 4.60. The van der Waals surface area contributed by atoms with E-state index in [2.05, 4.69) is 5.32 Å². The van der Waals surface area contributed by atoms with Crippen molar-refractivity contribution in [1.29, 1.82) is 0 Å². The second-order valence-corrected chi connectivity index (χ2v) is 6.02. The van der Waals surface area contributed by atoms with E-state index in [1.54, 1.807) is 0 Å². The van der Waals surface area contributed by atoms with Crippen LogP contribution >= 0.6 is 0 Å². The maximum atomic E-state index is 12.8. The number of hydrogen-bond acceptors (Lipinski definition) is 3. The van der Waals surface area contributed by atoms with Crippen LogP contribution in [0.15, 0.2) is 0 Å². The first-order chi connectivity index (χ1) is 9.47. The highest BCUT2D eigenvalue weighted by molar-refractivity contribution is 4.82. The number of nitrogens with zero attached hydrogens (tertiary/aromatic N) is 1. The van der Waals surface area contributed by atoms with Crippen LogP contribution in [0.2, 0.25) is 0 Å². The molecule has 0 aromatic rings. The molecule has 3 nitrogen and oxygen atoms in total. The molecule has 20 heavy (non-hydrogen) atoms. The summed E-state index contributed by atoms with van der Waals surface area (Å²) in [5.41, 5.74) is 0. The minimum Gasteiger partial charge on any atom is -0.377 e. The zero-order chi connectivity index (χ0) is 14.6. The molecule has 1 N–H and O–H groups in total. The first-order valence-corrected chi connectivity index (χ1v) is 7.60. The van der Waals surface area contributed by atoms with Crippen LogP contribution < -0.4 is 5.32 Å². The zero-order valence-corrected chi connectivity index (χ0v) is 12.1. The minimum absolute atomic E-state index is 0.140. The van der Waals surface area contributed by atoms with E-state index in [0.29, 0.717) is 6.42 Å². The maximum Gasteiger partial charge on any atom is 0.393 e. The van der Waals surface area contributed by atoms with Crippen molar-refractivity contribution in [3.8, 4) is 0 Å². The smallest absolute Gasteiger partial charge is 0.377 e. The highest BCUT2D eigenvalue weighted by Gasteiger charge is 2.42. The Morgan fingerprint density at radius 2 is 2.10 bits per heavy atom. The molecule has 0 aromatic heterocycles. The summed E-state index contributed by atoms with van der Waals surface area (Å²) in [5.74, 6) is -1.16. The van der Waals surface area contributed by atoms with Crippen molar-refractivity contribution in [2.75, 3.05) is 32.8 Å². The van der Waals surface area contributed by atoms with Crippen molar-refractivity contribution in [2.24, 2.45) is 5.92 Å². The van der Waals surface area contributed by atoms with Crippen molar-refractivity contribution < 1.29 is 17.9 Å². The van der Waals surface area contributed by atoms with Gasteiger partial charge in [-0.05, 0) is 39.2 Å². The van der Waals surface area contributed by atoms with Crippen molar-refractivity contribution in [1.82, 2.24) is 10.2 Å². The molecule has 0 aromatic carbocycles. The second-order valence-electron chi connectivity index (χ2n) is 6.02. The minimum atomic E-state index is -4.05. The lowest BCUT2D eigenvalue weighted by atomic mass is 9.96. The third-order valence-electron chi connectivity index (χ3n) is 4.37. The van der Waals surface area contributed by atoms with E-state index in [4.69, 9.17) is 4.74 Å². The molecule has 2 heterocycles. The summed E-state index contributed by atoms with van der Waals surface area (Å²) in [5, 5.41) is 3.33. The van der Waals surface area contributed by atoms with E-state index >= 15 is 0 Å². The number of halogens is 3. The van der Waals surface area contributed by atoms with Gasteiger partial charge >= 0.3 is 6.18 Å². The van der Waals surface area contributed by atoms with Gasteiger partial charge in [0, 0.05) is 32.3 Å². The topological polar surface area (TPSA) is 24.5 Å². The molecule has 0 bridgehead atoms. The summed E-state index contributed by atoms with van der Waals surface area (Å²) in [7, 11) is 0. The molecule has 6 heteroatoms. The van der Waals surface area contributed by atoms with E-state index < -0.39 is 12.1 Å². The van der Waals surface area contributed by atoms with Gasteiger partial charge in [-0.2, -0.15) is 13.2 Å². The maximum absolute atomic E-state index is 12.8. The highest BCUT2D eigenvalue weighted by Crippen LogP contribution is 2.33. The Kier molecular flexibility index (Phi) is 5.69. The molecule has 0 amide bonds. The molecule has 2 aliphatic heterocycles. The SMILES string of the molecule is CC(CNCC1CCCO1)N1CCCC(C(F)(F)F)C1. The number of piperidine rings is 1. The van der Waals surface area contributed by atoms with Gasteiger partial charge in [0.1, 0.15) is 0 Å². The molecule has 0 radical (unpaired) electrons. The van der Waals surface area contributed by atoms with Crippen molar-refractivity contribution in [3.63, 3.8) is 0 Å². The predicted molar refractivity (Wildman–Crippen MR) is 71.7 cm³/mol. The van der Waals surface area contributed by atoms with Crippen LogP contribution in [-0.2, 0) is 4.74 Å². The number of ether oxygens (including phenoxy) is 1. The molecule has 0 aliphatic carbocycles. The molecule has 2 rings (SSSR count). The molecular formula is C14H25F3N2O. The zero-order valence-electron chi connectivity index (χ0n) is 12.1. The lowest BCUT2D eigenvalue weighted by Gasteiger charge is -2.37. The van der Waals surface area contributed by atoms with E-state index in [0.717, 1.165) is 39.1 Å². The van der Waals surface area contributed by atoms with Gasteiger partial charge in [-0.3, -0.25) is 4.90 Å². The van der Waals surface area contributed by atoms with Crippen LogP contribution in [0.25, 0.3) is 0 Å². The molecule has 118 valence electrons. The van der Waals surface area contributed by atoms with Gasteiger partial charge in [0.25, 0.3) is 0 Å². The van der Waals surface area contributed by atoms with Crippen LogP contribution in [0.5, 0.6) is 0 Å². The Balaban J connectivity index is 1.69. The van der Waals surface area contributed by atoms with Gasteiger partial charge in [0.15, 0.2) is 0 Å². The Labute approximate surface area is 118 Å². The Morgan fingerprint density at radius 3 is 2.75 bits per heavy atom. The number of nitrogens with one attached hydrogen (secondary N) is 1. The molecule has 3 atom stereocenters. The van der Waals surface area contributed by atoms with Gasteiger partial charge in [-0.1, -0.05) is 0 Å². The van der Waals surface area contributed by atoms with E-state index in [9.17, 15) is 13.2 Å². The summed E-state index contributed by atoms with van der Waals surface area (Å²) >= 11 is 0. The van der Waals surface area contributed by atoms with Gasteiger partial charge in [-0.15, -0.1) is 0 Å². The van der Waals surface area contributed by atoms with Gasteiger partial charge in [0.05, 0.1) is 12.0 Å². The first kappa shape index (κ1) is 16.0. The molecule has 2 fully saturated rings. The predicted octanol–water partition coefficient (Wildman–Crippen LogP) is 2.42. The third-order valence-corrected chi connectivity index (χ3v) is 4.37. The number of likely N-dealkylation sites (tertiary alicyclic amines) is 1. The average molecular weight is 294 g/mol. The summed E-state index contributed by atoms with van der Waals surface area (Å²) in [6, 6.07) is 0.140. The van der Waals surface area contributed by atoms with Crippen molar-refractivity contribution in [3.05, 3.63) is 0 Å². The summed E-state index contributed by atoms with van der Waals surface area (Å²) < 4.78 is 43.8. The highest BCUT2D eigenvalue weighted by atomic mass is 19.4. The lowest BCUT2D eigenvalue weighted by molar-refractivity contribution is -0.188. The second kappa shape index (κ2) is 7.09. The number of alkyl halides is 3. The van der Waals surface area contributed by atoms with Crippen LogP contribution in [0.3, 0.4) is 0 Å². The molecule has 3 unspecified atom stereocenters. The van der Waals surface area contributed by atoms with Gasteiger partial charge in [0.2, 0.25) is 0 Å². The van der Waals surface area contributed by atoms with Gasteiger partial charge < -0.3 is 10.1 Å².